The Kier molecular flexibility index (Phi) is 6.95. The number of aliphatic hydroxyl groups excluding tert-OH is 1. The maximum absolute atomic E-state index is 14.4. The van der Waals surface area contributed by atoms with Gasteiger partial charge in [0.25, 0.3) is 0 Å². The minimum absolute atomic E-state index is 0.00768. The van der Waals surface area contributed by atoms with E-state index in [4.69, 9.17) is 4.74 Å². The number of cyclic esters (lactones) is 1. The summed E-state index contributed by atoms with van der Waals surface area (Å²) in [5.41, 5.74) is -0.448. The van der Waals surface area contributed by atoms with Crippen LogP contribution in [0.3, 0.4) is 0 Å². The Hall–Kier alpha value is -1.80. The monoisotopic (exact) mass is 504 g/mol. The Labute approximate surface area is 213 Å². The lowest BCUT2D eigenvalue weighted by Crippen LogP contribution is -2.60. The standard InChI is InChI=1S/C27H40N2O5S/c1-7-17(2)18(16-30)29-21-23(32)28(25(3,4)5)14-11-13-27(21)19(22(29)31)20-24(33)34-15-10-8-9-12-26(20,6)35-27/h9,11-13,17-21,30H,7-8,10,14-16H2,1-6H3/b12-9-/t17-,18-,19-,20+,21?,26-,27-/m0/s1. The van der Waals surface area contributed by atoms with Crippen molar-refractivity contribution in [1.29, 1.82) is 0 Å². The lowest BCUT2D eigenvalue weighted by atomic mass is 9.74. The molecule has 0 aliphatic carbocycles. The molecule has 0 aromatic heterocycles. The van der Waals surface area contributed by atoms with Crippen LogP contribution < -0.4 is 0 Å². The number of ether oxygens (including phenoxy) is 1. The van der Waals surface area contributed by atoms with E-state index in [9.17, 15) is 19.5 Å². The van der Waals surface area contributed by atoms with Crippen molar-refractivity contribution in [2.45, 2.75) is 87.9 Å². The van der Waals surface area contributed by atoms with Crippen LogP contribution in [0.15, 0.2) is 24.3 Å². The van der Waals surface area contributed by atoms with Crippen molar-refractivity contribution in [1.82, 2.24) is 9.80 Å². The molecule has 194 valence electrons. The summed E-state index contributed by atoms with van der Waals surface area (Å²) in [7, 11) is 0. The average Bonchev–Trinajstić information content (AvgIpc) is 3.13. The van der Waals surface area contributed by atoms with Gasteiger partial charge in [0.05, 0.1) is 35.8 Å². The molecular weight excluding hydrogens is 464 g/mol. The second-order valence-corrected chi connectivity index (χ2v) is 13.4. The van der Waals surface area contributed by atoms with E-state index in [1.807, 2.05) is 58.6 Å². The van der Waals surface area contributed by atoms with Crippen molar-refractivity contribution < 1.29 is 24.2 Å². The predicted octanol–water partition coefficient (Wildman–Crippen LogP) is 3.17. The third kappa shape index (κ3) is 4.05. The van der Waals surface area contributed by atoms with Gasteiger partial charge in [-0.1, -0.05) is 44.6 Å². The van der Waals surface area contributed by atoms with E-state index in [1.165, 1.54) is 0 Å². The molecule has 1 spiro atoms. The summed E-state index contributed by atoms with van der Waals surface area (Å²) in [6, 6.07) is -1.31. The molecule has 4 aliphatic heterocycles. The first-order chi connectivity index (χ1) is 16.4. The van der Waals surface area contributed by atoms with Gasteiger partial charge in [0, 0.05) is 16.8 Å². The van der Waals surface area contributed by atoms with Crippen LogP contribution in [0.25, 0.3) is 0 Å². The SMILES string of the molecule is CC[C@H](C)[C@H](CO)N1C(=O)[C@@H]2[C@@H]3C(=O)OCCC/C=C\[C@]3(C)S[C@@]23C=CCN(C(C)(C)C)C(=O)C13. The fourth-order valence-corrected chi connectivity index (χ4v) is 8.49. The highest BCUT2D eigenvalue weighted by Crippen LogP contribution is 2.65. The molecule has 0 bridgehead atoms. The van der Waals surface area contributed by atoms with E-state index in [0.29, 0.717) is 13.2 Å². The first-order valence-electron chi connectivity index (χ1n) is 12.9. The summed E-state index contributed by atoms with van der Waals surface area (Å²) in [6.07, 6.45) is 10.4. The highest BCUT2D eigenvalue weighted by Gasteiger charge is 2.74. The second kappa shape index (κ2) is 9.25. The summed E-state index contributed by atoms with van der Waals surface area (Å²) in [5.74, 6) is -2.18. The first kappa shape index (κ1) is 26.3. The Morgan fingerprint density at radius 3 is 2.51 bits per heavy atom. The number of carbonyl (C=O) groups is 3. The lowest BCUT2D eigenvalue weighted by molar-refractivity contribution is -0.155. The summed E-state index contributed by atoms with van der Waals surface area (Å²) in [5, 5.41) is 10.4. The van der Waals surface area contributed by atoms with Crippen LogP contribution in [0.4, 0.5) is 0 Å². The maximum Gasteiger partial charge on any atom is 0.311 e. The smallest absolute Gasteiger partial charge is 0.311 e. The number of thioether (sulfide) groups is 1. The van der Waals surface area contributed by atoms with Gasteiger partial charge in [0.2, 0.25) is 11.8 Å². The Morgan fingerprint density at radius 2 is 1.89 bits per heavy atom. The number of carbonyl (C=O) groups excluding carboxylic acids is 3. The lowest BCUT2D eigenvalue weighted by Gasteiger charge is -2.43. The van der Waals surface area contributed by atoms with Crippen molar-refractivity contribution in [3.63, 3.8) is 0 Å². The maximum atomic E-state index is 14.4. The van der Waals surface area contributed by atoms with Crippen molar-refractivity contribution in [2.24, 2.45) is 17.8 Å². The number of rotatable bonds is 4. The van der Waals surface area contributed by atoms with Crippen LogP contribution in [0, 0.1) is 17.8 Å². The van der Waals surface area contributed by atoms with Crippen LogP contribution >= 0.6 is 11.8 Å². The van der Waals surface area contributed by atoms with E-state index < -0.39 is 39.0 Å². The highest BCUT2D eigenvalue weighted by atomic mass is 32.2. The van der Waals surface area contributed by atoms with Gasteiger partial charge in [-0.25, -0.2) is 0 Å². The third-order valence-electron chi connectivity index (χ3n) is 8.34. The fraction of sp³-hybridized carbons (Fsp3) is 0.741. The Bertz CT molecular complexity index is 942. The van der Waals surface area contributed by atoms with Crippen LogP contribution in [-0.4, -0.2) is 79.6 Å². The van der Waals surface area contributed by atoms with Crippen molar-refractivity contribution in [2.75, 3.05) is 19.8 Å². The molecule has 1 N–H and O–H groups in total. The van der Waals surface area contributed by atoms with E-state index in [-0.39, 0.29) is 30.3 Å². The minimum Gasteiger partial charge on any atom is -0.465 e. The largest absolute Gasteiger partial charge is 0.465 e. The van der Waals surface area contributed by atoms with Gasteiger partial charge >= 0.3 is 5.97 Å². The molecule has 35 heavy (non-hydrogen) atoms. The summed E-state index contributed by atoms with van der Waals surface area (Å²) >= 11 is 1.55. The number of aliphatic hydroxyl groups is 1. The molecule has 2 amide bonds. The number of fused-ring (bicyclic) bond motifs is 2. The van der Waals surface area contributed by atoms with E-state index in [0.717, 1.165) is 19.3 Å². The average molecular weight is 505 g/mol. The Balaban J connectivity index is 1.93. The van der Waals surface area contributed by atoms with Crippen LogP contribution in [0.1, 0.15) is 60.8 Å². The summed E-state index contributed by atoms with van der Waals surface area (Å²) in [4.78, 5) is 45.7. The number of hydrogen-bond donors (Lipinski definition) is 1. The topological polar surface area (TPSA) is 87.2 Å². The molecule has 0 saturated carbocycles. The van der Waals surface area contributed by atoms with Gasteiger partial charge in [-0.2, -0.15) is 0 Å². The highest BCUT2D eigenvalue weighted by molar-refractivity contribution is 8.02. The zero-order valence-corrected chi connectivity index (χ0v) is 22.6. The molecule has 1 unspecified atom stereocenters. The molecule has 0 aromatic carbocycles. The first-order valence-corrected chi connectivity index (χ1v) is 13.7. The predicted molar refractivity (Wildman–Crippen MR) is 137 cm³/mol. The normalized spacial score (nSPS) is 37.9. The number of amides is 2. The fourth-order valence-electron chi connectivity index (χ4n) is 6.35. The summed E-state index contributed by atoms with van der Waals surface area (Å²) in [6.45, 7) is 12.5. The third-order valence-corrected chi connectivity index (χ3v) is 10.1. The number of allylic oxidation sites excluding steroid dienone is 1. The molecule has 7 atom stereocenters. The van der Waals surface area contributed by atoms with Gasteiger partial charge in [-0.05, 0) is 46.5 Å². The van der Waals surface area contributed by atoms with Crippen LogP contribution in [0.5, 0.6) is 0 Å². The van der Waals surface area contributed by atoms with Crippen molar-refractivity contribution in [3.05, 3.63) is 24.3 Å². The van der Waals surface area contributed by atoms with Crippen LogP contribution in [-0.2, 0) is 19.1 Å². The quantitative estimate of drug-likeness (QED) is 0.468. The van der Waals surface area contributed by atoms with E-state index in [2.05, 4.69) is 12.2 Å². The molecule has 4 aliphatic rings. The molecular formula is C27H40N2O5S. The molecule has 7 nitrogen and oxygen atoms in total. The van der Waals surface area contributed by atoms with Gasteiger partial charge < -0.3 is 19.6 Å². The van der Waals surface area contributed by atoms with Gasteiger partial charge in [0.1, 0.15) is 6.04 Å². The zero-order valence-electron chi connectivity index (χ0n) is 21.8. The Morgan fingerprint density at radius 1 is 1.17 bits per heavy atom. The van der Waals surface area contributed by atoms with Gasteiger partial charge in [-0.3, -0.25) is 14.4 Å². The summed E-state index contributed by atoms with van der Waals surface area (Å²) < 4.78 is 4.07. The minimum atomic E-state index is -0.920. The molecule has 2 fully saturated rings. The molecule has 8 heteroatoms. The van der Waals surface area contributed by atoms with Crippen LogP contribution in [0.2, 0.25) is 0 Å². The molecule has 0 aromatic rings. The number of esters is 1. The van der Waals surface area contributed by atoms with E-state index >= 15 is 0 Å². The molecule has 2 saturated heterocycles. The second-order valence-electron chi connectivity index (χ2n) is 11.6. The zero-order chi connectivity index (χ0) is 25.8. The number of nitrogens with zero attached hydrogens (tertiary/aromatic N) is 2. The number of hydrogen-bond acceptors (Lipinski definition) is 6. The van der Waals surface area contributed by atoms with Crippen molar-refractivity contribution >= 4 is 29.5 Å². The molecule has 0 radical (unpaired) electrons. The van der Waals surface area contributed by atoms with Crippen molar-refractivity contribution in [3.8, 4) is 0 Å². The van der Waals surface area contributed by atoms with E-state index in [1.54, 1.807) is 16.7 Å². The molecule has 4 rings (SSSR count). The van der Waals surface area contributed by atoms with Gasteiger partial charge in [0.15, 0.2) is 0 Å². The number of likely N-dealkylation sites (tertiary alicyclic amines) is 1. The molecule has 4 heterocycles. The van der Waals surface area contributed by atoms with Gasteiger partial charge in [-0.15, -0.1) is 11.8 Å².